The van der Waals surface area contributed by atoms with Gasteiger partial charge in [-0.05, 0) is 23.8 Å². The zero-order valence-corrected chi connectivity index (χ0v) is 13.0. The highest BCUT2D eigenvalue weighted by atomic mass is 79.9. The van der Waals surface area contributed by atoms with Crippen LogP contribution in [0.4, 0.5) is 18.9 Å². The Morgan fingerprint density at radius 1 is 1.35 bits per heavy atom. The summed E-state index contributed by atoms with van der Waals surface area (Å²) in [6.45, 7) is 0.715. The molecule has 1 rings (SSSR count). The van der Waals surface area contributed by atoms with Gasteiger partial charge in [0.25, 0.3) is 0 Å². The number of benzene rings is 1. The maximum absolute atomic E-state index is 12.5. The molecule has 0 aliphatic rings. The number of nitrogens with zero attached hydrogens (tertiary/aromatic N) is 1. The normalized spacial score (nSPS) is 11.7. The molecular formula is C13H18BrF3N2O. The van der Waals surface area contributed by atoms with Crippen LogP contribution in [-0.4, -0.2) is 40.0 Å². The standard InChI is InChI=1S/C13H18BrF3N2O/c1-19(9-13(15,16)17)12-4-3-11(14)7-10(12)8-18-5-6-20-2/h3-4,7,18H,5-6,8-9H2,1-2H3. The first kappa shape index (κ1) is 17.3. The van der Waals surface area contributed by atoms with Crippen LogP contribution in [0.5, 0.6) is 0 Å². The predicted octanol–water partition coefficient (Wildman–Crippen LogP) is 3.18. The molecule has 0 saturated carbocycles. The Labute approximate surface area is 125 Å². The minimum absolute atomic E-state index is 0.486. The molecule has 0 atom stereocenters. The second kappa shape index (κ2) is 7.85. The molecule has 0 aliphatic heterocycles. The summed E-state index contributed by atoms with van der Waals surface area (Å²) in [7, 11) is 3.04. The lowest BCUT2D eigenvalue weighted by atomic mass is 10.1. The molecule has 0 fully saturated rings. The average Bonchev–Trinajstić information content (AvgIpc) is 2.32. The molecule has 0 unspecified atom stereocenters. The number of halogens is 4. The highest BCUT2D eigenvalue weighted by Gasteiger charge is 2.30. The molecular weight excluding hydrogens is 337 g/mol. The van der Waals surface area contributed by atoms with Gasteiger partial charge in [-0.3, -0.25) is 0 Å². The van der Waals surface area contributed by atoms with E-state index in [2.05, 4.69) is 21.2 Å². The van der Waals surface area contributed by atoms with Gasteiger partial charge in [0, 0.05) is 37.4 Å². The molecule has 1 aromatic rings. The number of hydrogen-bond donors (Lipinski definition) is 1. The van der Waals surface area contributed by atoms with Crippen LogP contribution in [0.3, 0.4) is 0 Å². The third-order valence-electron chi connectivity index (χ3n) is 2.67. The fraction of sp³-hybridized carbons (Fsp3) is 0.538. The van der Waals surface area contributed by atoms with E-state index in [-0.39, 0.29) is 0 Å². The van der Waals surface area contributed by atoms with Crippen molar-refractivity contribution in [3.63, 3.8) is 0 Å². The first-order chi connectivity index (χ1) is 9.33. The summed E-state index contributed by atoms with van der Waals surface area (Å²) in [5.41, 5.74) is 1.37. The SMILES string of the molecule is COCCNCc1cc(Br)ccc1N(C)CC(F)(F)F. The third-order valence-corrected chi connectivity index (χ3v) is 3.16. The molecule has 20 heavy (non-hydrogen) atoms. The number of rotatable bonds is 7. The van der Waals surface area contributed by atoms with Crippen molar-refractivity contribution in [2.75, 3.05) is 38.8 Å². The summed E-state index contributed by atoms with van der Waals surface area (Å²) in [4.78, 5) is 1.21. The fourth-order valence-electron chi connectivity index (χ4n) is 1.82. The van der Waals surface area contributed by atoms with E-state index in [0.717, 1.165) is 10.0 Å². The molecule has 1 N–H and O–H groups in total. The van der Waals surface area contributed by atoms with Crippen LogP contribution in [-0.2, 0) is 11.3 Å². The van der Waals surface area contributed by atoms with E-state index in [1.807, 2.05) is 6.07 Å². The van der Waals surface area contributed by atoms with Gasteiger partial charge < -0.3 is 15.0 Å². The average molecular weight is 355 g/mol. The zero-order chi connectivity index (χ0) is 15.2. The predicted molar refractivity (Wildman–Crippen MR) is 77.0 cm³/mol. The molecule has 0 bridgehead atoms. The van der Waals surface area contributed by atoms with E-state index < -0.39 is 12.7 Å². The van der Waals surface area contributed by atoms with Gasteiger partial charge in [-0.1, -0.05) is 15.9 Å². The van der Waals surface area contributed by atoms with Crippen LogP contribution in [0, 0.1) is 0 Å². The fourth-order valence-corrected chi connectivity index (χ4v) is 2.23. The molecule has 0 aromatic heterocycles. The second-order valence-corrected chi connectivity index (χ2v) is 5.33. The highest BCUT2D eigenvalue weighted by molar-refractivity contribution is 9.10. The molecule has 3 nitrogen and oxygen atoms in total. The Bertz CT molecular complexity index is 427. The number of alkyl halides is 3. The van der Waals surface area contributed by atoms with Gasteiger partial charge in [-0.15, -0.1) is 0 Å². The number of ether oxygens (including phenoxy) is 1. The molecule has 1 aromatic carbocycles. The van der Waals surface area contributed by atoms with Gasteiger partial charge in [0.15, 0.2) is 0 Å². The van der Waals surface area contributed by atoms with Crippen molar-refractivity contribution in [3.05, 3.63) is 28.2 Å². The van der Waals surface area contributed by atoms with Crippen molar-refractivity contribution in [1.82, 2.24) is 5.32 Å². The summed E-state index contributed by atoms with van der Waals surface area (Å²) in [5, 5.41) is 3.13. The van der Waals surface area contributed by atoms with Gasteiger partial charge in [0.1, 0.15) is 6.54 Å². The quantitative estimate of drug-likeness (QED) is 0.761. The van der Waals surface area contributed by atoms with Crippen LogP contribution in [0.15, 0.2) is 22.7 Å². The maximum atomic E-state index is 12.5. The maximum Gasteiger partial charge on any atom is 0.405 e. The monoisotopic (exact) mass is 354 g/mol. The Morgan fingerprint density at radius 2 is 2.05 bits per heavy atom. The Kier molecular flexibility index (Phi) is 6.78. The highest BCUT2D eigenvalue weighted by Crippen LogP contribution is 2.26. The van der Waals surface area contributed by atoms with E-state index in [0.29, 0.717) is 25.4 Å². The van der Waals surface area contributed by atoms with Crippen molar-refractivity contribution >= 4 is 21.6 Å². The van der Waals surface area contributed by atoms with Gasteiger partial charge in [0.2, 0.25) is 0 Å². The summed E-state index contributed by atoms with van der Waals surface area (Å²) >= 11 is 3.34. The van der Waals surface area contributed by atoms with Crippen LogP contribution in [0.2, 0.25) is 0 Å². The second-order valence-electron chi connectivity index (χ2n) is 4.41. The summed E-state index contributed by atoms with van der Waals surface area (Å²) in [6.07, 6.45) is -4.22. The first-order valence-electron chi connectivity index (χ1n) is 6.09. The van der Waals surface area contributed by atoms with E-state index in [1.165, 1.54) is 11.9 Å². The molecule has 7 heteroatoms. The van der Waals surface area contributed by atoms with Gasteiger partial charge in [-0.2, -0.15) is 13.2 Å². The molecule has 0 saturated heterocycles. The topological polar surface area (TPSA) is 24.5 Å². The van der Waals surface area contributed by atoms with Crippen LogP contribution >= 0.6 is 15.9 Å². The number of hydrogen-bond acceptors (Lipinski definition) is 3. The van der Waals surface area contributed by atoms with Gasteiger partial charge >= 0.3 is 6.18 Å². The third kappa shape index (κ3) is 6.11. The molecule has 114 valence electrons. The molecule has 0 spiro atoms. The molecule has 0 aliphatic carbocycles. The number of anilines is 1. The Morgan fingerprint density at radius 3 is 2.65 bits per heavy atom. The molecule has 0 radical (unpaired) electrons. The molecule has 0 amide bonds. The van der Waals surface area contributed by atoms with E-state index in [9.17, 15) is 13.2 Å². The van der Waals surface area contributed by atoms with Crippen molar-refractivity contribution in [1.29, 1.82) is 0 Å². The van der Waals surface area contributed by atoms with Crippen LogP contribution < -0.4 is 10.2 Å². The van der Waals surface area contributed by atoms with Crippen LogP contribution in [0.1, 0.15) is 5.56 Å². The van der Waals surface area contributed by atoms with Crippen molar-refractivity contribution in [2.24, 2.45) is 0 Å². The summed E-state index contributed by atoms with van der Waals surface area (Å²) < 4.78 is 43.2. The largest absolute Gasteiger partial charge is 0.405 e. The summed E-state index contributed by atoms with van der Waals surface area (Å²) in [6, 6.07) is 5.24. The number of methoxy groups -OCH3 is 1. The van der Waals surface area contributed by atoms with Crippen molar-refractivity contribution in [2.45, 2.75) is 12.7 Å². The Balaban J connectivity index is 2.78. The first-order valence-corrected chi connectivity index (χ1v) is 6.89. The minimum atomic E-state index is -4.22. The van der Waals surface area contributed by atoms with Crippen molar-refractivity contribution < 1.29 is 17.9 Å². The lowest BCUT2D eigenvalue weighted by Gasteiger charge is -2.24. The molecule has 0 heterocycles. The van der Waals surface area contributed by atoms with E-state index in [1.54, 1.807) is 19.2 Å². The lowest BCUT2D eigenvalue weighted by molar-refractivity contribution is -0.119. The number of nitrogens with one attached hydrogen (secondary N) is 1. The van der Waals surface area contributed by atoms with Gasteiger partial charge in [-0.25, -0.2) is 0 Å². The smallest absolute Gasteiger partial charge is 0.383 e. The zero-order valence-electron chi connectivity index (χ0n) is 11.4. The lowest BCUT2D eigenvalue weighted by Crippen LogP contribution is -2.32. The minimum Gasteiger partial charge on any atom is -0.383 e. The summed E-state index contributed by atoms with van der Waals surface area (Å²) in [5.74, 6) is 0. The Hall–Kier alpha value is -0.790. The van der Waals surface area contributed by atoms with Crippen LogP contribution in [0.25, 0.3) is 0 Å². The van der Waals surface area contributed by atoms with E-state index >= 15 is 0 Å². The van der Waals surface area contributed by atoms with Gasteiger partial charge in [0.05, 0.1) is 6.61 Å². The van der Waals surface area contributed by atoms with Crippen molar-refractivity contribution in [3.8, 4) is 0 Å². The van der Waals surface area contributed by atoms with E-state index in [4.69, 9.17) is 4.74 Å².